The highest BCUT2D eigenvalue weighted by Crippen LogP contribution is 2.44. The van der Waals surface area contributed by atoms with Crippen LogP contribution in [-0.2, 0) is 14.8 Å². The van der Waals surface area contributed by atoms with Crippen molar-refractivity contribution in [1.29, 1.82) is 0 Å². The van der Waals surface area contributed by atoms with Gasteiger partial charge in [-0.15, -0.1) is 23.4 Å². The predicted molar refractivity (Wildman–Crippen MR) is 131 cm³/mol. The van der Waals surface area contributed by atoms with Gasteiger partial charge in [-0.3, -0.25) is 9.79 Å². The summed E-state index contributed by atoms with van der Waals surface area (Å²) in [6.45, 7) is 2.07. The number of aliphatic imine (C=N–C) groups is 2. The number of nitrogens with two attached hydrogens (primary N) is 1. The van der Waals surface area contributed by atoms with E-state index < -0.39 is 22.6 Å². The highest BCUT2D eigenvalue weighted by molar-refractivity contribution is 8.04. The van der Waals surface area contributed by atoms with Crippen molar-refractivity contribution in [3.63, 3.8) is 0 Å². The van der Waals surface area contributed by atoms with Crippen molar-refractivity contribution in [2.24, 2.45) is 32.9 Å². The summed E-state index contributed by atoms with van der Waals surface area (Å²) in [6, 6.07) is 0. The number of carbonyl (C=O) groups excluding carboxylic acids is 1. The average Bonchev–Trinajstić information content (AvgIpc) is 3.15. The predicted octanol–water partition coefficient (Wildman–Crippen LogP) is 2.80. The first kappa shape index (κ1) is 26.7. The lowest BCUT2D eigenvalue weighted by molar-refractivity contribution is -0.133. The molecule has 35 heavy (non-hydrogen) atoms. The van der Waals surface area contributed by atoms with Crippen LogP contribution in [0.4, 0.5) is 13.2 Å². The molecular formula is C21H29ClF3N5O3S2. The Hall–Kier alpha value is -1.31. The first-order chi connectivity index (χ1) is 16.4. The average molecular weight is 556 g/mol. The minimum Gasteiger partial charge on any atom is -0.356 e. The van der Waals surface area contributed by atoms with Crippen LogP contribution >= 0.6 is 23.4 Å². The summed E-state index contributed by atoms with van der Waals surface area (Å²) >= 11 is 7.63. The Balaban J connectivity index is 1.28. The van der Waals surface area contributed by atoms with Gasteiger partial charge < -0.3 is 9.80 Å². The van der Waals surface area contributed by atoms with Gasteiger partial charge in [-0.25, -0.2) is 18.5 Å². The van der Waals surface area contributed by atoms with Gasteiger partial charge >= 0.3 is 6.18 Å². The van der Waals surface area contributed by atoms with Gasteiger partial charge in [0.2, 0.25) is 15.9 Å². The molecule has 3 heterocycles. The molecule has 0 spiro atoms. The van der Waals surface area contributed by atoms with E-state index in [0.717, 1.165) is 11.8 Å². The van der Waals surface area contributed by atoms with Crippen molar-refractivity contribution < 1.29 is 26.4 Å². The lowest BCUT2D eigenvalue weighted by Crippen LogP contribution is -2.53. The third-order valence-corrected chi connectivity index (χ3v) is 9.61. The molecule has 2 N–H and O–H groups in total. The molecule has 4 aliphatic rings. The number of carbonyl (C=O) groups is 1. The largest absolute Gasteiger partial charge is 0.393 e. The number of thioether (sulfide) groups is 1. The number of hydrogen-bond acceptors (Lipinski definition) is 7. The molecule has 2 fully saturated rings. The number of sulfonamides is 1. The maximum atomic E-state index is 12.9. The topological polar surface area (TPSA) is 108 Å². The summed E-state index contributed by atoms with van der Waals surface area (Å²) in [5.41, 5.74) is 0. The molecule has 0 aromatic rings. The van der Waals surface area contributed by atoms with Crippen molar-refractivity contribution in [3.05, 3.63) is 11.0 Å². The maximum absolute atomic E-state index is 12.9. The van der Waals surface area contributed by atoms with E-state index in [-0.39, 0.29) is 45.1 Å². The standard InChI is InChI=1S/C21H29ClF3N5O3S2/c22-17-7-13(11-35(26,32)33)1-2-14(17)8-18(31)29-3-5-30(6-4-29)19-16-9-15(10-21(23,24)25)34-20(16)28-12-27-19/h9,12-14,16-17,20H,1-8,10-11H2,(H2,26,32,33). The second-order valence-electron chi connectivity index (χ2n) is 9.57. The highest BCUT2D eigenvalue weighted by atomic mass is 35.5. The Labute approximate surface area is 212 Å². The third kappa shape index (κ3) is 7.14. The quantitative estimate of drug-likeness (QED) is 0.525. The fraction of sp³-hybridized carbons (Fsp3) is 0.762. The molecule has 0 aromatic heterocycles. The molecule has 1 amide bonds. The molecule has 5 unspecified atom stereocenters. The lowest BCUT2D eigenvalue weighted by Gasteiger charge is -2.40. The molecule has 4 rings (SSSR count). The number of primary sulfonamides is 1. The van der Waals surface area contributed by atoms with Crippen LogP contribution in [0.1, 0.15) is 32.1 Å². The highest BCUT2D eigenvalue weighted by Gasteiger charge is 2.40. The zero-order valence-electron chi connectivity index (χ0n) is 19.0. The first-order valence-corrected chi connectivity index (χ1v) is 14.6. The van der Waals surface area contributed by atoms with E-state index in [2.05, 4.69) is 9.98 Å². The monoisotopic (exact) mass is 555 g/mol. The number of alkyl halides is 4. The van der Waals surface area contributed by atoms with E-state index in [9.17, 15) is 26.4 Å². The molecule has 0 aromatic carbocycles. The molecule has 0 radical (unpaired) electrons. The van der Waals surface area contributed by atoms with Crippen molar-refractivity contribution in [2.45, 2.75) is 49.0 Å². The summed E-state index contributed by atoms with van der Waals surface area (Å²) in [7, 11) is -3.55. The van der Waals surface area contributed by atoms with Crippen molar-refractivity contribution in [3.8, 4) is 0 Å². The number of allylic oxidation sites excluding steroid dienone is 1. The molecular weight excluding hydrogens is 527 g/mol. The first-order valence-electron chi connectivity index (χ1n) is 11.6. The van der Waals surface area contributed by atoms with E-state index in [1.807, 2.05) is 4.90 Å². The van der Waals surface area contributed by atoms with E-state index in [1.165, 1.54) is 6.34 Å². The van der Waals surface area contributed by atoms with Crippen LogP contribution in [0.2, 0.25) is 0 Å². The number of rotatable bonds is 5. The zero-order valence-corrected chi connectivity index (χ0v) is 21.4. The van der Waals surface area contributed by atoms with Gasteiger partial charge in [-0.2, -0.15) is 13.2 Å². The van der Waals surface area contributed by atoms with Crippen LogP contribution in [0.5, 0.6) is 0 Å². The van der Waals surface area contributed by atoms with Gasteiger partial charge in [0.15, 0.2) is 0 Å². The zero-order chi connectivity index (χ0) is 25.4. The smallest absolute Gasteiger partial charge is 0.356 e. The van der Waals surface area contributed by atoms with Gasteiger partial charge in [0.05, 0.1) is 18.1 Å². The molecule has 3 aliphatic heterocycles. The second kappa shape index (κ2) is 10.6. The number of hydrogen-bond donors (Lipinski definition) is 1. The third-order valence-electron chi connectivity index (χ3n) is 6.90. The van der Waals surface area contributed by atoms with E-state index in [4.69, 9.17) is 16.7 Å². The van der Waals surface area contributed by atoms with Crippen LogP contribution in [-0.4, -0.2) is 85.2 Å². The summed E-state index contributed by atoms with van der Waals surface area (Å²) in [6.07, 6.45) is 0.0235. The minimum absolute atomic E-state index is 0.00804. The van der Waals surface area contributed by atoms with E-state index in [1.54, 1.807) is 11.0 Å². The van der Waals surface area contributed by atoms with Crippen molar-refractivity contribution >= 4 is 51.5 Å². The Morgan fingerprint density at radius 1 is 1.23 bits per heavy atom. The summed E-state index contributed by atoms with van der Waals surface area (Å²) in [5.74, 6) is 0.251. The lowest BCUT2D eigenvalue weighted by atomic mass is 9.80. The molecule has 1 saturated heterocycles. The van der Waals surface area contributed by atoms with Crippen LogP contribution in [0.3, 0.4) is 0 Å². The normalized spacial score (nSPS) is 31.7. The number of amides is 1. The van der Waals surface area contributed by atoms with E-state index in [0.29, 0.717) is 57.7 Å². The van der Waals surface area contributed by atoms with Gasteiger partial charge in [-0.05, 0) is 36.0 Å². The molecule has 1 aliphatic carbocycles. The number of fused-ring (bicyclic) bond motifs is 1. The fourth-order valence-corrected chi connectivity index (χ4v) is 7.89. The van der Waals surface area contributed by atoms with Crippen LogP contribution in [0.25, 0.3) is 0 Å². The molecule has 0 bridgehead atoms. The number of nitrogens with zero attached hydrogens (tertiary/aromatic N) is 4. The van der Waals surface area contributed by atoms with E-state index >= 15 is 0 Å². The molecule has 5 atom stereocenters. The van der Waals surface area contributed by atoms with Crippen molar-refractivity contribution in [2.75, 3.05) is 31.9 Å². The molecule has 14 heteroatoms. The summed E-state index contributed by atoms with van der Waals surface area (Å²) < 4.78 is 61.2. The van der Waals surface area contributed by atoms with Crippen LogP contribution in [0.15, 0.2) is 21.0 Å². The Morgan fingerprint density at radius 3 is 2.57 bits per heavy atom. The number of halogens is 4. The van der Waals surface area contributed by atoms with Gasteiger partial charge in [0.1, 0.15) is 17.5 Å². The van der Waals surface area contributed by atoms with Gasteiger partial charge in [-0.1, -0.05) is 6.08 Å². The summed E-state index contributed by atoms with van der Waals surface area (Å²) in [5, 5.41) is 4.55. The SMILES string of the molecule is NS(=O)(=O)CC1CCC(CC(=O)N2CCN(C3=NC=NC4SC(CC(F)(F)F)=CC34)CC2)C(Cl)C1. The molecule has 8 nitrogen and oxygen atoms in total. The Morgan fingerprint density at radius 2 is 1.94 bits per heavy atom. The summed E-state index contributed by atoms with van der Waals surface area (Å²) in [4.78, 5) is 25.6. The van der Waals surface area contributed by atoms with Crippen molar-refractivity contribution in [1.82, 2.24) is 9.80 Å². The van der Waals surface area contributed by atoms with Crippen LogP contribution in [0, 0.1) is 17.8 Å². The van der Waals surface area contributed by atoms with Crippen LogP contribution < -0.4 is 5.14 Å². The van der Waals surface area contributed by atoms with Gasteiger partial charge in [0, 0.05) is 38.0 Å². The maximum Gasteiger partial charge on any atom is 0.393 e. The number of amidine groups is 1. The Bertz CT molecular complexity index is 1010. The van der Waals surface area contributed by atoms with Gasteiger partial charge in [0.25, 0.3) is 0 Å². The Kier molecular flexibility index (Phi) is 8.09. The molecule has 1 saturated carbocycles. The number of piperazine rings is 1. The second-order valence-corrected chi connectivity index (χ2v) is 13.0. The molecule has 196 valence electrons. The fourth-order valence-electron chi connectivity index (χ4n) is 5.22. The minimum atomic E-state index is -4.26.